The van der Waals surface area contributed by atoms with Crippen LogP contribution in [0.2, 0.25) is 5.02 Å². The highest BCUT2D eigenvalue weighted by molar-refractivity contribution is 6.30. The average molecular weight is 608 g/mol. The van der Waals surface area contributed by atoms with Gasteiger partial charge >= 0.3 is 12.1 Å². The number of carbonyl (C=O) groups excluding carboxylic acids is 1. The van der Waals surface area contributed by atoms with E-state index in [-0.39, 0.29) is 5.91 Å². The van der Waals surface area contributed by atoms with Gasteiger partial charge in [-0.05, 0) is 71.8 Å². The minimum atomic E-state index is -5.08. The summed E-state index contributed by atoms with van der Waals surface area (Å²) < 4.78 is 31.7. The van der Waals surface area contributed by atoms with Gasteiger partial charge in [0.05, 0.1) is 5.52 Å². The van der Waals surface area contributed by atoms with Crippen molar-refractivity contribution in [2.45, 2.75) is 6.18 Å². The molecule has 0 saturated carbocycles. The first-order valence-electron chi connectivity index (χ1n) is 12.7. The van der Waals surface area contributed by atoms with Gasteiger partial charge in [0.15, 0.2) is 0 Å². The van der Waals surface area contributed by atoms with Crippen LogP contribution in [0.25, 0.3) is 22.0 Å². The number of hydrogen-bond donors (Lipinski definition) is 3. The first-order chi connectivity index (χ1) is 20.4. The van der Waals surface area contributed by atoms with Crippen molar-refractivity contribution < 1.29 is 27.9 Å². The van der Waals surface area contributed by atoms with Crippen molar-refractivity contribution in [1.29, 1.82) is 0 Å². The fraction of sp³-hybridized carbons (Fsp3) is 0.0968. The highest BCUT2D eigenvalue weighted by Crippen LogP contribution is 2.26. The van der Waals surface area contributed by atoms with E-state index in [9.17, 15) is 18.0 Å². The summed E-state index contributed by atoms with van der Waals surface area (Å²) in [5.74, 6) is -1.58. The lowest BCUT2D eigenvalue weighted by Gasteiger charge is -2.16. The van der Waals surface area contributed by atoms with Gasteiger partial charge in [0, 0.05) is 41.4 Å². The monoisotopic (exact) mass is 607 g/mol. The molecule has 12 heteroatoms. The van der Waals surface area contributed by atoms with Crippen LogP contribution in [-0.4, -0.2) is 47.2 Å². The molecule has 0 fully saturated rings. The second-order valence-electron chi connectivity index (χ2n) is 9.33. The maximum atomic E-state index is 12.7. The SMILES string of the molecule is CN(C)c1nc(Nc2ccc(NC(=O)c3ccc(-c4ccc(Cl)cc4)cc3)cc2)nc2ccccc12.O=C(O)C(F)(F)F. The van der Waals surface area contributed by atoms with E-state index in [0.717, 1.165) is 33.5 Å². The highest BCUT2D eigenvalue weighted by Gasteiger charge is 2.38. The predicted octanol–water partition coefficient (Wildman–Crippen LogP) is 7.65. The summed E-state index contributed by atoms with van der Waals surface area (Å²) in [6.07, 6.45) is -5.08. The number of aromatic nitrogens is 2. The number of halogens is 4. The van der Waals surface area contributed by atoms with E-state index in [1.165, 1.54) is 0 Å². The standard InChI is InChI=1S/C29H24ClN5O.C2HF3O2/c1-35(2)27-25-5-3-4-6-26(25)33-29(34-27)32-24-17-15-23(16-18-24)31-28(36)21-9-7-19(8-10-21)20-11-13-22(30)14-12-20;3-2(4,5)1(6)7/h3-18H,1-2H3,(H,31,36)(H,32,33,34);(H,6,7). The normalized spacial score (nSPS) is 10.8. The van der Waals surface area contributed by atoms with Gasteiger partial charge in [0.25, 0.3) is 5.91 Å². The van der Waals surface area contributed by atoms with Gasteiger partial charge in [-0.15, -0.1) is 0 Å². The van der Waals surface area contributed by atoms with Crippen LogP contribution < -0.4 is 15.5 Å². The Morgan fingerprint density at radius 1 is 0.791 bits per heavy atom. The maximum absolute atomic E-state index is 12.7. The number of alkyl halides is 3. The Labute approximate surface area is 249 Å². The van der Waals surface area contributed by atoms with Crippen LogP contribution in [0, 0.1) is 0 Å². The van der Waals surface area contributed by atoms with Gasteiger partial charge in [0.2, 0.25) is 5.95 Å². The molecule has 0 aliphatic heterocycles. The van der Waals surface area contributed by atoms with E-state index in [1.54, 1.807) is 0 Å². The molecule has 1 heterocycles. The Balaban J connectivity index is 0.000000541. The zero-order chi connectivity index (χ0) is 31.1. The smallest absolute Gasteiger partial charge is 0.475 e. The summed E-state index contributed by atoms with van der Waals surface area (Å²) in [7, 11) is 3.92. The van der Waals surface area contributed by atoms with Crippen molar-refractivity contribution in [2.24, 2.45) is 0 Å². The van der Waals surface area contributed by atoms with Crippen LogP contribution in [-0.2, 0) is 4.79 Å². The van der Waals surface area contributed by atoms with Crippen molar-refractivity contribution in [1.82, 2.24) is 9.97 Å². The number of benzene rings is 4. The number of aliphatic carboxylic acids is 1. The molecule has 43 heavy (non-hydrogen) atoms. The average Bonchev–Trinajstić information content (AvgIpc) is 2.98. The van der Waals surface area contributed by atoms with E-state index < -0.39 is 12.1 Å². The third kappa shape index (κ3) is 8.20. The second-order valence-corrected chi connectivity index (χ2v) is 9.76. The summed E-state index contributed by atoms with van der Waals surface area (Å²) in [4.78, 5) is 32.9. The molecule has 0 bridgehead atoms. The molecule has 0 atom stereocenters. The number of anilines is 4. The Bertz CT molecular complexity index is 1730. The van der Waals surface area contributed by atoms with Gasteiger partial charge in [-0.2, -0.15) is 18.2 Å². The summed E-state index contributed by atoms with van der Waals surface area (Å²) in [6.45, 7) is 0. The fourth-order valence-electron chi connectivity index (χ4n) is 3.88. The minimum Gasteiger partial charge on any atom is -0.475 e. The summed E-state index contributed by atoms with van der Waals surface area (Å²) in [5, 5.41) is 15.0. The minimum absolute atomic E-state index is 0.174. The molecule has 0 aliphatic carbocycles. The number of para-hydroxylation sites is 1. The first kappa shape index (κ1) is 30.8. The molecule has 1 aromatic heterocycles. The zero-order valence-electron chi connectivity index (χ0n) is 22.9. The Kier molecular flexibility index (Phi) is 9.46. The largest absolute Gasteiger partial charge is 0.490 e. The van der Waals surface area contributed by atoms with Crippen LogP contribution in [0.1, 0.15) is 10.4 Å². The van der Waals surface area contributed by atoms with Gasteiger partial charge in [0.1, 0.15) is 5.82 Å². The van der Waals surface area contributed by atoms with Crippen LogP contribution in [0.15, 0.2) is 97.1 Å². The molecule has 1 amide bonds. The highest BCUT2D eigenvalue weighted by atomic mass is 35.5. The molecule has 0 unspecified atom stereocenters. The zero-order valence-corrected chi connectivity index (χ0v) is 23.6. The van der Waals surface area contributed by atoms with Crippen molar-refractivity contribution in [2.75, 3.05) is 29.6 Å². The number of rotatable bonds is 6. The fourth-order valence-corrected chi connectivity index (χ4v) is 4.01. The van der Waals surface area contributed by atoms with Crippen molar-refractivity contribution in [3.63, 3.8) is 0 Å². The lowest BCUT2D eigenvalue weighted by Crippen LogP contribution is -2.21. The number of amides is 1. The van der Waals surface area contributed by atoms with Crippen molar-refractivity contribution >= 4 is 57.5 Å². The van der Waals surface area contributed by atoms with Crippen molar-refractivity contribution in [3.05, 3.63) is 108 Å². The summed E-state index contributed by atoms with van der Waals surface area (Å²) in [6, 6.07) is 30.5. The molecular formula is C31H25ClF3N5O3. The van der Waals surface area contributed by atoms with Crippen LogP contribution in [0.5, 0.6) is 0 Å². The number of nitrogens with one attached hydrogen (secondary N) is 2. The molecule has 220 valence electrons. The molecule has 8 nitrogen and oxygen atoms in total. The first-order valence-corrected chi connectivity index (χ1v) is 13.1. The Morgan fingerprint density at radius 2 is 1.33 bits per heavy atom. The Hall–Kier alpha value is -5.16. The third-order valence-electron chi connectivity index (χ3n) is 5.97. The van der Waals surface area contributed by atoms with E-state index in [0.29, 0.717) is 22.2 Å². The van der Waals surface area contributed by atoms with Crippen LogP contribution in [0.3, 0.4) is 0 Å². The van der Waals surface area contributed by atoms with E-state index in [1.807, 2.05) is 116 Å². The van der Waals surface area contributed by atoms with E-state index >= 15 is 0 Å². The molecule has 0 radical (unpaired) electrons. The van der Waals surface area contributed by atoms with Gasteiger partial charge in [-0.25, -0.2) is 9.78 Å². The molecule has 0 saturated heterocycles. The molecule has 4 aromatic carbocycles. The molecule has 5 rings (SSSR count). The lowest BCUT2D eigenvalue weighted by atomic mass is 10.0. The summed E-state index contributed by atoms with van der Waals surface area (Å²) in [5.41, 5.74) is 5.02. The molecule has 3 N–H and O–H groups in total. The van der Waals surface area contributed by atoms with Gasteiger partial charge in [-0.3, -0.25) is 4.79 Å². The predicted molar refractivity (Wildman–Crippen MR) is 162 cm³/mol. The van der Waals surface area contributed by atoms with Crippen molar-refractivity contribution in [3.8, 4) is 11.1 Å². The molecule has 0 spiro atoms. The topological polar surface area (TPSA) is 107 Å². The molecular weight excluding hydrogens is 583 g/mol. The van der Waals surface area contributed by atoms with Crippen LogP contribution in [0.4, 0.5) is 36.3 Å². The molecule has 0 aliphatic rings. The number of carboxylic acids is 1. The second kappa shape index (κ2) is 13.2. The Morgan fingerprint density at radius 3 is 1.88 bits per heavy atom. The number of hydrogen-bond acceptors (Lipinski definition) is 6. The van der Waals surface area contributed by atoms with E-state index in [4.69, 9.17) is 21.5 Å². The van der Waals surface area contributed by atoms with Gasteiger partial charge in [-0.1, -0.05) is 48.0 Å². The van der Waals surface area contributed by atoms with E-state index in [2.05, 4.69) is 20.6 Å². The third-order valence-corrected chi connectivity index (χ3v) is 6.22. The number of nitrogens with zero attached hydrogens (tertiary/aromatic N) is 3. The lowest BCUT2D eigenvalue weighted by molar-refractivity contribution is -0.192. The maximum Gasteiger partial charge on any atom is 0.490 e. The summed E-state index contributed by atoms with van der Waals surface area (Å²) >= 11 is 5.97. The van der Waals surface area contributed by atoms with Crippen LogP contribution >= 0.6 is 11.6 Å². The van der Waals surface area contributed by atoms with Gasteiger partial charge < -0.3 is 20.6 Å². The quantitative estimate of drug-likeness (QED) is 0.182. The number of carboxylic acid groups (broad SMARTS) is 1. The number of carbonyl (C=O) groups is 2. The number of fused-ring (bicyclic) bond motifs is 1. The molecule has 5 aromatic rings.